The van der Waals surface area contributed by atoms with Crippen molar-refractivity contribution in [1.29, 1.82) is 0 Å². The van der Waals surface area contributed by atoms with Crippen molar-refractivity contribution in [2.75, 3.05) is 38.6 Å². The van der Waals surface area contributed by atoms with Crippen LogP contribution in [0.5, 0.6) is 0 Å². The van der Waals surface area contributed by atoms with Crippen LogP contribution in [0.3, 0.4) is 0 Å². The van der Waals surface area contributed by atoms with Crippen LogP contribution >= 0.6 is 23.5 Å². The quantitative estimate of drug-likeness (QED) is 0.0337. The third kappa shape index (κ3) is 19.4. The molecule has 6 aliphatic heterocycles. The Morgan fingerprint density at radius 3 is 1.85 bits per heavy atom. The van der Waals surface area contributed by atoms with Crippen molar-refractivity contribution in [3.8, 4) is 0 Å². The summed E-state index contributed by atoms with van der Waals surface area (Å²) in [4.78, 5) is 0. The molecule has 19 heteroatoms. The molecule has 7 aliphatic rings. The van der Waals surface area contributed by atoms with Gasteiger partial charge in [0.05, 0.1) is 53.4 Å². The highest BCUT2D eigenvalue weighted by Crippen LogP contribution is 2.61. The van der Waals surface area contributed by atoms with Gasteiger partial charge in [-0.2, -0.15) is 0 Å². The average Bonchev–Trinajstić information content (AvgIpc) is 1.37. The highest BCUT2D eigenvalue weighted by Gasteiger charge is 2.66. The monoisotopic (exact) mass is 1440 g/mol. The first kappa shape index (κ1) is 82.1. The van der Waals surface area contributed by atoms with E-state index in [1.807, 2.05) is 0 Å². The molecule has 0 aromatic heterocycles. The van der Waals surface area contributed by atoms with E-state index in [1.165, 1.54) is 12.0 Å². The van der Waals surface area contributed by atoms with Crippen LogP contribution in [0.2, 0.25) is 92.2 Å². The third-order valence-electron chi connectivity index (χ3n) is 24.3. The number of hydrogen-bond donors (Lipinski definition) is 0. The lowest BCUT2D eigenvalue weighted by Gasteiger charge is -2.58. The normalized spacial score (nSPS) is 35.2. The lowest BCUT2D eigenvalue weighted by atomic mass is 9.56. The number of fused-ring (bicyclic) bond motifs is 6. The Morgan fingerprint density at radius 2 is 1.27 bits per heavy atom. The predicted octanol–water partition coefficient (Wildman–Crippen LogP) is 21.2. The van der Waals surface area contributed by atoms with Gasteiger partial charge in [0.1, 0.15) is 12.4 Å². The minimum absolute atomic E-state index is 0.0330. The number of hydrogen-bond acceptors (Lipinski definition) is 14. The molecule has 1 aliphatic carbocycles. The largest absolute Gasteiger partial charge is 0.416 e. The lowest BCUT2D eigenvalue weighted by molar-refractivity contribution is -0.399. The van der Waals surface area contributed by atoms with Crippen LogP contribution in [0.15, 0.2) is 23.8 Å². The van der Waals surface area contributed by atoms with Gasteiger partial charge in [0.25, 0.3) is 0 Å². The van der Waals surface area contributed by atoms with E-state index in [1.54, 1.807) is 7.11 Å². The Bertz CT molecular complexity index is 2350. The molecule has 7 rings (SSSR count). The summed E-state index contributed by atoms with van der Waals surface area (Å²) < 4.78 is 90.1. The first-order chi connectivity index (χ1) is 44.0. The van der Waals surface area contributed by atoms with Gasteiger partial charge >= 0.3 is 0 Å². The van der Waals surface area contributed by atoms with E-state index in [2.05, 4.69) is 206 Å². The number of methoxy groups -OCH3 is 1. The second-order valence-corrected chi connectivity index (χ2v) is 61.5. The average molecular weight is 1440 g/mol. The maximum absolute atomic E-state index is 8.08. The van der Waals surface area contributed by atoms with E-state index >= 15 is 0 Å². The van der Waals surface area contributed by atoms with E-state index in [4.69, 9.17) is 55.3 Å². The highest BCUT2D eigenvalue weighted by molar-refractivity contribution is 8.18. The van der Waals surface area contributed by atoms with Crippen molar-refractivity contribution < 1.29 is 55.3 Å². The van der Waals surface area contributed by atoms with E-state index in [0.29, 0.717) is 23.2 Å². The highest BCUT2D eigenvalue weighted by atomic mass is 32.2. The molecule has 0 aromatic carbocycles. The summed E-state index contributed by atoms with van der Waals surface area (Å²) in [5.74, 6) is 0.205. The minimum Gasteiger partial charge on any atom is -0.416 e. The molecule has 2 unspecified atom stereocenters. The molecular formula is C75H144O12S2Si5. The zero-order chi connectivity index (χ0) is 69.6. The fourth-order valence-corrected chi connectivity index (χ4v) is 36.4. The predicted molar refractivity (Wildman–Crippen MR) is 408 cm³/mol. The van der Waals surface area contributed by atoms with Crippen molar-refractivity contribution >= 4 is 65.1 Å². The molecule has 0 N–H and O–H groups in total. The van der Waals surface area contributed by atoms with Crippen molar-refractivity contribution in [3.05, 3.63) is 23.8 Å². The molecule has 5 fully saturated rings. The van der Waals surface area contributed by atoms with Gasteiger partial charge in [-0.15, -0.1) is 23.5 Å². The zero-order valence-electron chi connectivity index (χ0n) is 64.9. The molecule has 5 saturated heterocycles. The Labute approximate surface area is 590 Å². The molecule has 6 heterocycles. The fourth-order valence-electron chi connectivity index (χ4n) is 18.9. The van der Waals surface area contributed by atoms with E-state index in [9.17, 15) is 0 Å². The van der Waals surface area contributed by atoms with Crippen LogP contribution in [0, 0.1) is 29.1 Å². The van der Waals surface area contributed by atoms with Crippen LogP contribution in [-0.4, -0.2) is 150 Å². The van der Waals surface area contributed by atoms with E-state index < -0.39 is 70.0 Å². The minimum atomic E-state index is -2.32. The number of rotatable bonds is 27. The van der Waals surface area contributed by atoms with Crippen molar-refractivity contribution in [2.45, 2.75) is 383 Å². The Morgan fingerprint density at radius 1 is 0.649 bits per heavy atom. The molecule has 0 radical (unpaired) electrons. The second-order valence-electron chi connectivity index (χ2n) is 34.5. The Balaban J connectivity index is 1.49. The van der Waals surface area contributed by atoms with Crippen molar-refractivity contribution in [2.24, 2.45) is 29.1 Å². The number of ether oxygens (including phenoxy) is 7. The standard InChI is InChI=1S/C75H144O12S2Si5/c1-26-92(27-2,28-3)83-63-35-32-37-66(84-90(20,21)22)72(49-58(13)60(15)52-78-94(55(7)8,56(9)10)57(11)12)42-38-61(53-77-54-76-19)47-65(72)68-69(85-91(23,24)25)67(81-70(16,17)82-68)59(14)50-74(88-45-34-46-89-74)51-64-36-33-40-73(79-64)43-44-75(86-73)71(18,41-39-62(48-63)80-75)87-93(29-4,30-5)31-6/h32,35,47,55-60,62-69H,26-31,33-34,36-46,48-54H2,1-25H3/b35-32+/t58-,59+,60-,62-,63?,64+,65+,66?,67+,68-,69-,71+,72+,73+,75+/m0/s1. The Kier molecular flexibility index (Phi) is 29.4. The fraction of sp³-hybridized carbons (Fsp3) is 0.947. The molecule has 12 nitrogen and oxygen atoms in total. The van der Waals surface area contributed by atoms with Crippen LogP contribution in [0.4, 0.5) is 0 Å². The molecular weight excluding hydrogens is 1300 g/mol. The smallest absolute Gasteiger partial charge is 0.200 e. The van der Waals surface area contributed by atoms with Gasteiger partial charge in [0.15, 0.2) is 58.9 Å². The third-order valence-corrected chi connectivity index (χ3v) is 45.2. The van der Waals surface area contributed by atoms with Crippen LogP contribution in [0.25, 0.3) is 0 Å². The maximum atomic E-state index is 8.08. The molecule has 6 bridgehead atoms. The molecule has 3 spiro atoms. The topological polar surface area (TPSA) is 111 Å². The summed E-state index contributed by atoms with van der Waals surface area (Å²) in [6, 6.07) is 6.42. The molecule has 15 atom stereocenters. The summed E-state index contributed by atoms with van der Waals surface area (Å²) in [5, 5.41) is 0. The van der Waals surface area contributed by atoms with Gasteiger partial charge in [0, 0.05) is 50.7 Å². The summed E-state index contributed by atoms with van der Waals surface area (Å²) >= 11 is 4.36. The second kappa shape index (κ2) is 33.7. The number of thioether (sulfide) groups is 2. The van der Waals surface area contributed by atoms with Crippen LogP contribution < -0.4 is 0 Å². The molecule has 548 valence electrons. The molecule has 0 saturated carbocycles. The summed E-state index contributed by atoms with van der Waals surface area (Å²) in [5.41, 5.74) is 1.76. The van der Waals surface area contributed by atoms with Gasteiger partial charge in [-0.3, -0.25) is 0 Å². The lowest BCUT2D eigenvalue weighted by Crippen LogP contribution is -2.65. The summed E-state index contributed by atoms with van der Waals surface area (Å²) in [7, 11) is -9.40. The molecule has 94 heavy (non-hydrogen) atoms. The van der Waals surface area contributed by atoms with Crippen LogP contribution in [0.1, 0.15) is 221 Å². The summed E-state index contributed by atoms with van der Waals surface area (Å²) in [6.45, 7) is 58.7. The van der Waals surface area contributed by atoms with E-state index in [-0.39, 0.29) is 77.3 Å². The van der Waals surface area contributed by atoms with E-state index in [0.717, 1.165) is 144 Å². The van der Waals surface area contributed by atoms with Gasteiger partial charge in [0.2, 0.25) is 0 Å². The first-order valence-corrected chi connectivity index (χ1v) is 54.5. The van der Waals surface area contributed by atoms with Gasteiger partial charge in [-0.05, 0) is 218 Å². The first-order valence-electron chi connectivity index (χ1n) is 38.5. The Hall–Kier alpha value is 0.784. The van der Waals surface area contributed by atoms with Crippen molar-refractivity contribution in [3.63, 3.8) is 0 Å². The molecule has 0 amide bonds. The zero-order valence-corrected chi connectivity index (χ0v) is 71.5. The van der Waals surface area contributed by atoms with Gasteiger partial charge in [-0.25, -0.2) is 0 Å². The van der Waals surface area contributed by atoms with Gasteiger partial charge in [-0.1, -0.05) is 122 Å². The van der Waals surface area contributed by atoms with Crippen LogP contribution in [-0.2, 0) is 55.3 Å². The van der Waals surface area contributed by atoms with Gasteiger partial charge < -0.3 is 55.3 Å². The summed E-state index contributed by atoms with van der Waals surface area (Å²) in [6.07, 6.45) is 19.8. The SMILES string of the molecule is CC[Si](CC)(CC)OC1/C=C/CC(O[Si](C)(C)C)[C@@]2(C[C@H](C)[C@@H](C)CO[Si](C(C)C)(C(C)C)C(C)C)CCC(COCOC)=C[C@@H]2[C@@H]2OC(C)(C)O[C@@H]([C@@H]2O[Si](C)(C)C)[C@H](C)CC2(C[C@H]3CCC[C@@]4(CC[C@@]5(O[C@@H](CC[C@@]5(C)O[Si](CC)(CC)CC)C1)O4)O3)SCCCS2. The molecule has 0 aromatic rings. The maximum Gasteiger partial charge on any atom is 0.200 e. The van der Waals surface area contributed by atoms with Crippen molar-refractivity contribution in [1.82, 2.24) is 0 Å².